The van der Waals surface area contributed by atoms with Gasteiger partial charge in [0.2, 0.25) is 0 Å². The van der Waals surface area contributed by atoms with Crippen LogP contribution in [-0.4, -0.2) is 41.9 Å². The van der Waals surface area contributed by atoms with Gasteiger partial charge in [-0.15, -0.1) is 0 Å². The van der Waals surface area contributed by atoms with E-state index in [-0.39, 0.29) is 6.42 Å². The number of hydrogen-bond acceptors (Lipinski definition) is 3. The number of hydrogen-bond donors (Lipinski definition) is 0. The third-order valence-corrected chi connectivity index (χ3v) is 3.88. The minimum Gasteiger partial charge on any atom is -0.455 e. The predicted octanol–water partition coefficient (Wildman–Crippen LogP) is 3.39. The zero-order chi connectivity index (χ0) is 16.8. The SMILES string of the molecule is CCCCCC(OC(=O)C(C)C)C(F)(F)C(=O)N1CCCC1. The van der Waals surface area contributed by atoms with Gasteiger partial charge in [0.05, 0.1) is 5.92 Å². The third-order valence-electron chi connectivity index (χ3n) is 3.88. The number of amides is 1. The fourth-order valence-corrected chi connectivity index (χ4v) is 2.44. The van der Waals surface area contributed by atoms with Crippen molar-refractivity contribution in [2.24, 2.45) is 5.92 Å². The Morgan fingerprint density at radius 2 is 1.77 bits per heavy atom. The fraction of sp³-hybridized carbons (Fsp3) is 0.875. The molecule has 0 aromatic heterocycles. The highest BCUT2D eigenvalue weighted by molar-refractivity contribution is 5.85. The molecule has 4 nitrogen and oxygen atoms in total. The van der Waals surface area contributed by atoms with Crippen LogP contribution in [0.25, 0.3) is 0 Å². The van der Waals surface area contributed by atoms with Crippen molar-refractivity contribution in [2.45, 2.75) is 71.3 Å². The molecule has 0 aromatic carbocycles. The average molecular weight is 319 g/mol. The summed E-state index contributed by atoms with van der Waals surface area (Å²) in [5.41, 5.74) is 0. The maximum absolute atomic E-state index is 14.5. The summed E-state index contributed by atoms with van der Waals surface area (Å²) in [7, 11) is 0. The number of rotatable bonds is 8. The van der Waals surface area contributed by atoms with Crippen molar-refractivity contribution in [2.75, 3.05) is 13.1 Å². The molecule has 0 aliphatic carbocycles. The number of carbonyl (C=O) groups is 2. The lowest BCUT2D eigenvalue weighted by atomic mass is 10.0. The number of unbranched alkanes of at least 4 members (excludes halogenated alkanes) is 2. The Balaban J connectivity index is 2.80. The molecule has 6 heteroatoms. The van der Waals surface area contributed by atoms with Crippen molar-refractivity contribution in [1.82, 2.24) is 4.90 Å². The first-order chi connectivity index (χ1) is 10.3. The number of likely N-dealkylation sites (tertiary alicyclic amines) is 1. The van der Waals surface area contributed by atoms with Crippen LogP contribution in [0, 0.1) is 5.92 Å². The zero-order valence-electron chi connectivity index (χ0n) is 13.7. The van der Waals surface area contributed by atoms with Crippen LogP contribution in [-0.2, 0) is 14.3 Å². The molecule has 0 bridgehead atoms. The summed E-state index contributed by atoms with van der Waals surface area (Å²) < 4.78 is 34.0. The van der Waals surface area contributed by atoms with E-state index in [2.05, 4.69) is 0 Å². The molecule has 0 spiro atoms. The molecule has 1 unspecified atom stereocenters. The minimum absolute atomic E-state index is 0.0128. The number of alkyl halides is 2. The Kier molecular flexibility index (Phi) is 7.23. The van der Waals surface area contributed by atoms with E-state index in [1.807, 2.05) is 6.92 Å². The van der Waals surface area contributed by atoms with Gasteiger partial charge in [-0.3, -0.25) is 9.59 Å². The molecule has 0 aromatic rings. The van der Waals surface area contributed by atoms with Crippen molar-refractivity contribution < 1.29 is 23.1 Å². The van der Waals surface area contributed by atoms with Gasteiger partial charge in [0, 0.05) is 13.1 Å². The van der Waals surface area contributed by atoms with Crippen LogP contribution in [0.15, 0.2) is 0 Å². The summed E-state index contributed by atoms with van der Waals surface area (Å²) in [5.74, 6) is -6.03. The van der Waals surface area contributed by atoms with Crippen LogP contribution in [0.4, 0.5) is 8.78 Å². The summed E-state index contributed by atoms with van der Waals surface area (Å²) in [6.45, 7) is 5.85. The lowest BCUT2D eigenvalue weighted by molar-refractivity contribution is -0.190. The van der Waals surface area contributed by atoms with E-state index in [9.17, 15) is 18.4 Å². The Morgan fingerprint density at radius 1 is 1.18 bits per heavy atom. The number of ether oxygens (including phenoxy) is 1. The standard InChI is InChI=1S/C16H27F2NO3/c1-4-5-6-9-13(22-14(20)12(2)3)16(17,18)15(21)19-10-7-8-11-19/h12-13H,4-11H2,1-3H3. The molecule has 1 amide bonds. The zero-order valence-corrected chi connectivity index (χ0v) is 13.7. The summed E-state index contributed by atoms with van der Waals surface area (Å²) in [5, 5.41) is 0. The molecule has 0 saturated carbocycles. The van der Waals surface area contributed by atoms with Gasteiger partial charge >= 0.3 is 11.9 Å². The lowest BCUT2D eigenvalue weighted by Gasteiger charge is -2.29. The van der Waals surface area contributed by atoms with Gasteiger partial charge in [0.25, 0.3) is 5.91 Å². The molecule has 1 saturated heterocycles. The minimum atomic E-state index is -3.65. The van der Waals surface area contributed by atoms with Crippen molar-refractivity contribution in [3.05, 3.63) is 0 Å². The number of carbonyl (C=O) groups excluding carboxylic acids is 2. The van der Waals surface area contributed by atoms with E-state index in [0.29, 0.717) is 19.5 Å². The average Bonchev–Trinajstić information content (AvgIpc) is 2.99. The van der Waals surface area contributed by atoms with Gasteiger partial charge in [-0.25, -0.2) is 0 Å². The predicted molar refractivity (Wildman–Crippen MR) is 79.6 cm³/mol. The van der Waals surface area contributed by atoms with Crippen LogP contribution in [0.3, 0.4) is 0 Å². The van der Waals surface area contributed by atoms with Crippen molar-refractivity contribution >= 4 is 11.9 Å². The van der Waals surface area contributed by atoms with E-state index >= 15 is 0 Å². The monoisotopic (exact) mass is 319 g/mol. The van der Waals surface area contributed by atoms with Crippen LogP contribution >= 0.6 is 0 Å². The molecule has 1 rings (SSSR count). The van der Waals surface area contributed by atoms with Crippen LogP contribution in [0.1, 0.15) is 59.3 Å². The molecular weight excluding hydrogens is 292 g/mol. The molecule has 22 heavy (non-hydrogen) atoms. The normalized spacial score (nSPS) is 16.9. The molecular formula is C16H27F2NO3. The van der Waals surface area contributed by atoms with Gasteiger partial charge in [-0.05, 0) is 25.7 Å². The molecule has 1 aliphatic rings. The highest BCUT2D eigenvalue weighted by Crippen LogP contribution is 2.30. The molecule has 1 heterocycles. The highest BCUT2D eigenvalue weighted by atomic mass is 19.3. The van der Waals surface area contributed by atoms with Crippen molar-refractivity contribution in [3.8, 4) is 0 Å². The molecule has 0 radical (unpaired) electrons. The molecule has 1 atom stereocenters. The smallest absolute Gasteiger partial charge is 0.360 e. The lowest BCUT2D eigenvalue weighted by Crippen LogP contribution is -2.51. The summed E-state index contributed by atoms with van der Waals surface area (Å²) >= 11 is 0. The van der Waals surface area contributed by atoms with E-state index in [4.69, 9.17) is 4.74 Å². The van der Waals surface area contributed by atoms with Crippen LogP contribution in [0.5, 0.6) is 0 Å². The summed E-state index contributed by atoms with van der Waals surface area (Å²) in [6, 6.07) is 0. The van der Waals surface area contributed by atoms with Gasteiger partial charge in [-0.2, -0.15) is 8.78 Å². The summed E-state index contributed by atoms with van der Waals surface area (Å²) in [6.07, 6.45) is 1.98. The van der Waals surface area contributed by atoms with E-state index in [0.717, 1.165) is 25.7 Å². The van der Waals surface area contributed by atoms with Gasteiger partial charge in [0.15, 0.2) is 6.10 Å². The summed E-state index contributed by atoms with van der Waals surface area (Å²) in [4.78, 5) is 24.9. The number of nitrogens with zero attached hydrogens (tertiary/aromatic N) is 1. The molecule has 1 aliphatic heterocycles. The van der Waals surface area contributed by atoms with Gasteiger partial charge < -0.3 is 9.64 Å². The Hall–Kier alpha value is -1.20. The topological polar surface area (TPSA) is 46.6 Å². The maximum Gasteiger partial charge on any atom is 0.360 e. The van der Waals surface area contributed by atoms with Gasteiger partial charge in [0.1, 0.15) is 0 Å². The third kappa shape index (κ3) is 4.92. The maximum atomic E-state index is 14.5. The second kappa shape index (κ2) is 8.44. The largest absolute Gasteiger partial charge is 0.455 e. The first-order valence-electron chi connectivity index (χ1n) is 8.18. The quantitative estimate of drug-likeness (QED) is 0.509. The second-order valence-corrected chi connectivity index (χ2v) is 6.20. The van der Waals surface area contributed by atoms with Crippen LogP contribution in [0.2, 0.25) is 0 Å². The molecule has 128 valence electrons. The van der Waals surface area contributed by atoms with E-state index in [1.165, 1.54) is 4.90 Å². The fourth-order valence-electron chi connectivity index (χ4n) is 2.44. The Labute approximate surface area is 131 Å². The number of halogens is 2. The van der Waals surface area contributed by atoms with Crippen molar-refractivity contribution in [1.29, 1.82) is 0 Å². The first kappa shape index (κ1) is 18.8. The Morgan fingerprint density at radius 3 is 2.27 bits per heavy atom. The number of esters is 1. The van der Waals surface area contributed by atoms with Crippen molar-refractivity contribution in [3.63, 3.8) is 0 Å². The Bertz CT molecular complexity index is 380. The second-order valence-electron chi connectivity index (χ2n) is 6.20. The molecule has 0 N–H and O–H groups in total. The molecule has 1 fully saturated rings. The van der Waals surface area contributed by atoms with E-state index in [1.54, 1.807) is 13.8 Å². The highest BCUT2D eigenvalue weighted by Gasteiger charge is 2.51. The van der Waals surface area contributed by atoms with Crippen LogP contribution < -0.4 is 0 Å². The van der Waals surface area contributed by atoms with Gasteiger partial charge in [-0.1, -0.05) is 33.6 Å². The van der Waals surface area contributed by atoms with E-state index < -0.39 is 29.8 Å². The first-order valence-corrected chi connectivity index (χ1v) is 8.18.